The Balaban J connectivity index is 2.00. The average Bonchev–Trinajstić information content (AvgIpc) is 3.36. The highest BCUT2D eigenvalue weighted by Crippen LogP contribution is 2.35. The average molecular weight is 455 g/mol. The van der Waals surface area contributed by atoms with Gasteiger partial charge in [-0.15, -0.1) is 11.3 Å². The van der Waals surface area contributed by atoms with Crippen LogP contribution in [0, 0.1) is 0 Å². The van der Waals surface area contributed by atoms with Crippen molar-refractivity contribution in [1.82, 2.24) is 4.57 Å². The molecule has 0 aliphatic carbocycles. The summed E-state index contributed by atoms with van der Waals surface area (Å²) in [4.78, 5) is 32.6. The van der Waals surface area contributed by atoms with E-state index in [1.165, 1.54) is 11.3 Å². The van der Waals surface area contributed by atoms with Gasteiger partial charge in [0.05, 0.1) is 29.0 Å². The Bertz CT molecular complexity index is 1320. The smallest absolute Gasteiger partial charge is 0.338 e. The van der Waals surface area contributed by atoms with E-state index in [9.17, 15) is 9.59 Å². The lowest BCUT2D eigenvalue weighted by Crippen LogP contribution is -2.40. The maximum absolute atomic E-state index is 13.5. The molecule has 0 amide bonds. The van der Waals surface area contributed by atoms with Gasteiger partial charge in [0, 0.05) is 10.4 Å². The maximum atomic E-state index is 13.5. The van der Waals surface area contributed by atoms with Gasteiger partial charge in [-0.3, -0.25) is 9.36 Å². The number of thiophene rings is 1. The lowest BCUT2D eigenvalue weighted by atomic mass is 9.95. The SMILES string of the molecule is CCOC(=O)C1=C(C)N=c2sc(=Cc3cccs3)c(=O)n2C1c1ccccc1OCC. The van der Waals surface area contributed by atoms with E-state index in [0.29, 0.717) is 33.0 Å². The molecule has 3 aromatic rings. The van der Waals surface area contributed by atoms with Crippen LogP contribution in [-0.2, 0) is 9.53 Å². The zero-order valence-corrected chi connectivity index (χ0v) is 19.1. The molecule has 0 saturated heterocycles. The number of ether oxygens (including phenoxy) is 2. The number of hydrogen-bond donors (Lipinski definition) is 0. The summed E-state index contributed by atoms with van der Waals surface area (Å²) < 4.78 is 13.3. The monoisotopic (exact) mass is 454 g/mol. The van der Waals surface area contributed by atoms with E-state index >= 15 is 0 Å². The van der Waals surface area contributed by atoms with Gasteiger partial charge in [0.15, 0.2) is 4.80 Å². The molecule has 8 heteroatoms. The largest absolute Gasteiger partial charge is 0.494 e. The first-order valence-electron chi connectivity index (χ1n) is 10.00. The van der Waals surface area contributed by atoms with Crippen LogP contribution in [0.3, 0.4) is 0 Å². The summed E-state index contributed by atoms with van der Waals surface area (Å²) in [5.74, 6) is 0.145. The van der Waals surface area contributed by atoms with Gasteiger partial charge in [0.2, 0.25) is 0 Å². The zero-order valence-electron chi connectivity index (χ0n) is 17.5. The number of carbonyl (C=O) groups excluding carboxylic acids is 1. The predicted octanol–water partition coefficient (Wildman–Crippen LogP) is 3.26. The molecule has 1 aliphatic heterocycles. The van der Waals surface area contributed by atoms with Crippen LogP contribution < -0.4 is 19.6 Å². The minimum atomic E-state index is -0.677. The van der Waals surface area contributed by atoms with Crippen molar-refractivity contribution in [2.24, 2.45) is 4.99 Å². The van der Waals surface area contributed by atoms with Gasteiger partial charge in [-0.05, 0) is 44.4 Å². The first-order chi connectivity index (χ1) is 15.0. The highest BCUT2D eigenvalue weighted by atomic mass is 32.1. The second-order valence-electron chi connectivity index (χ2n) is 6.79. The van der Waals surface area contributed by atoms with E-state index < -0.39 is 12.0 Å². The molecule has 4 rings (SSSR count). The molecule has 0 bridgehead atoms. The molecule has 2 aromatic heterocycles. The molecule has 1 unspecified atom stereocenters. The van der Waals surface area contributed by atoms with Crippen molar-refractivity contribution in [3.05, 3.63) is 83.2 Å². The number of benzene rings is 1. The summed E-state index contributed by atoms with van der Waals surface area (Å²) >= 11 is 2.88. The Morgan fingerprint density at radius 2 is 2.00 bits per heavy atom. The normalized spacial score (nSPS) is 16.1. The van der Waals surface area contributed by atoms with Gasteiger partial charge in [-0.2, -0.15) is 0 Å². The third-order valence-electron chi connectivity index (χ3n) is 4.85. The molecule has 160 valence electrons. The summed E-state index contributed by atoms with van der Waals surface area (Å²) in [6, 6.07) is 10.7. The van der Waals surface area contributed by atoms with Crippen LogP contribution in [0.25, 0.3) is 6.08 Å². The fourth-order valence-corrected chi connectivity index (χ4v) is 5.35. The first-order valence-corrected chi connectivity index (χ1v) is 11.7. The second kappa shape index (κ2) is 9.03. The van der Waals surface area contributed by atoms with Crippen molar-refractivity contribution in [3.63, 3.8) is 0 Å². The van der Waals surface area contributed by atoms with Crippen molar-refractivity contribution in [1.29, 1.82) is 0 Å². The summed E-state index contributed by atoms with van der Waals surface area (Å²) in [5.41, 5.74) is 1.43. The molecule has 0 radical (unpaired) electrons. The van der Waals surface area contributed by atoms with Gasteiger partial charge in [0.25, 0.3) is 5.56 Å². The van der Waals surface area contributed by atoms with Crippen LogP contribution in [0.15, 0.2) is 62.8 Å². The number of rotatable bonds is 6. The Morgan fingerprint density at radius 3 is 2.71 bits per heavy atom. The summed E-state index contributed by atoms with van der Waals surface area (Å²) in [6.07, 6.45) is 1.86. The third kappa shape index (κ3) is 4.00. The van der Waals surface area contributed by atoms with Crippen molar-refractivity contribution in [2.45, 2.75) is 26.8 Å². The van der Waals surface area contributed by atoms with E-state index in [0.717, 1.165) is 10.4 Å². The number of fused-ring (bicyclic) bond motifs is 1. The van der Waals surface area contributed by atoms with Gasteiger partial charge >= 0.3 is 5.97 Å². The number of thiazole rings is 1. The standard InChI is InChI=1S/C23H22N2O4S2/c1-4-28-17-11-7-6-10-16(17)20-19(22(27)29-5-2)14(3)24-23-25(20)21(26)18(31-23)13-15-9-8-12-30-15/h6-13,20H,4-5H2,1-3H3. The molecule has 0 saturated carbocycles. The van der Waals surface area contributed by atoms with Crippen molar-refractivity contribution in [3.8, 4) is 5.75 Å². The number of aromatic nitrogens is 1. The first kappa shape index (κ1) is 21.3. The molecule has 6 nitrogen and oxygen atoms in total. The van der Waals surface area contributed by atoms with Crippen molar-refractivity contribution < 1.29 is 14.3 Å². The van der Waals surface area contributed by atoms with Crippen LogP contribution in [-0.4, -0.2) is 23.8 Å². The number of esters is 1. The molecular weight excluding hydrogens is 432 g/mol. The van der Waals surface area contributed by atoms with Crippen LogP contribution in [0.4, 0.5) is 0 Å². The number of carbonyl (C=O) groups is 1. The fraction of sp³-hybridized carbons (Fsp3) is 0.261. The predicted molar refractivity (Wildman–Crippen MR) is 122 cm³/mol. The Labute approximate surface area is 187 Å². The summed E-state index contributed by atoms with van der Waals surface area (Å²) in [7, 11) is 0. The molecular formula is C23H22N2O4S2. The van der Waals surface area contributed by atoms with Gasteiger partial charge in [0.1, 0.15) is 11.8 Å². The zero-order chi connectivity index (χ0) is 22.0. The second-order valence-corrected chi connectivity index (χ2v) is 8.78. The molecule has 1 aromatic carbocycles. The molecule has 0 fully saturated rings. The van der Waals surface area contributed by atoms with E-state index in [2.05, 4.69) is 4.99 Å². The number of hydrogen-bond acceptors (Lipinski definition) is 7. The maximum Gasteiger partial charge on any atom is 0.338 e. The van der Waals surface area contributed by atoms with Crippen LogP contribution in [0.2, 0.25) is 0 Å². The third-order valence-corrected chi connectivity index (χ3v) is 6.65. The van der Waals surface area contributed by atoms with Gasteiger partial charge < -0.3 is 9.47 Å². The molecule has 1 atom stereocenters. The highest BCUT2D eigenvalue weighted by Gasteiger charge is 2.34. The fourth-order valence-electron chi connectivity index (χ4n) is 3.58. The van der Waals surface area contributed by atoms with E-state index in [1.807, 2.05) is 54.8 Å². The Kier molecular flexibility index (Phi) is 6.20. The van der Waals surface area contributed by atoms with E-state index in [4.69, 9.17) is 9.47 Å². The minimum Gasteiger partial charge on any atom is -0.494 e. The van der Waals surface area contributed by atoms with E-state index in [-0.39, 0.29) is 12.2 Å². The number of allylic oxidation sites excluding steroid dienone is 1. The molecule has 0 N–H and O–H groups in total. The quantitative estimate of drug-likeness (QED) is 0.536. The van der Waals surface area contributed by atoms with Crippen molar-refractivity contribution >= 4 is 34.7 Å². The summed E-state index contributed by atoms with van der Waals surface area (Å²) in [6.45, 7) is 6.13. The highest BCUT2D eigenvalue weighted by molar-refractivity contribution is 7.11. The Morgan fingerprint density at radius 1 is 1.19 bits per heavy atom. The van der Waals surface area contributed by atoms with Crippen LogP contribution >= 0.6 is 22.7 Å². The van der Waals surface area contributed by atoms with Gasteiger partial charge in [-0.1, -0.05) is 35.6 Å². The van der Waals surface area contributed by atoms with Gasteiger partial charge in [-0.25, -0.2) is 9.79 Å². The number of nitrogens with zero attached hydrogens (tertiary/aromatic N) is 2. The van der Waals surface area contributed by atoms with Crippen molar-refractivity contribution in [2.75, 3.05) is 13.2 Å². The topological polar surface area (TPSA) is 69.9 Å². The molecule has 1 aliphatic rings. The summed E-state index contributed by atoms with van der Waals surface area (Å²) in [5, 5.41) is 1.97. The Hall–Kier alpha value is -2.97. The lowest BCUT2D eigenvalue weighted by molar-refractivity contribution is -0.139. The molecule has 3 heterocycles. The van der Waals surface area contributed by atoms with Crippen LogP contribution in [0.1, 0.15) is 37.3 Å². The number of para-hydroxylation sites is 1. The van der Waals surface area contributed by atoms with E-state index in [1.54, 1.807) is 29.8 Å². The van der Waals surface area contributed by atoms with Crippen LogP contribution in [0.5, 0.6) is 5.75 Å². The lowest BCUT2D eigenvalue weighted by Gasteiger charge is -2.26. The molecule has 31 heavy (non-hydrogen) atoms. The minimum absolute atomic E-state index is 0.192. The molecule has 0 spiro atoms.